The number of amides is 1. The molecule has 1 amide bonds. The molecule has 0 aromatic heterocycles. The lowest BCUT2D eigenvalue weighted by molar-refractivity contribution is -0.122. The highest BCUT2D eigenvalue weighted by molar-refractivity contribution is 6.32. The molecule has 4 rings (SSSR count). The highest BCUT2D eigenvalue weighted by Crippen LogP contribution is 2.40. The van der Waals surface area contributed by atoms with Gasteiger partial charge in [-0.25, -0.2) is 0 Å². The van der Waals surface area contributed by atoms with Gasteiger partial charge in [0.05, 0.1) is 11.4 Å². The first-order valence-electron chi connectivity index (χ1n) is 9.23. The Bertz CT molecular complexity index is 656. The lowest BCUT2D eigenvalue weighted by Crippen LogP contribution is -2.54. The fourth-order valence-electron chi connectivity index (χ4n) is 4.71. The number of hydrogen-bond acceptors (Lipinski definition) is 4. The molecule has 3 aliphatic rings. The van der Waals surface area contributed by atoms with Crippen molar-refractivity contribution in [1.82, 2.24) is 5.32 Å². The van der Waals surface area contributed by atoms with Gasteiger partial charge in [-0.05, 0) is 55.2 Å². The van der Waals surface area contributed by atoms with E-state index in [0.29, 0.717) is 54.0 Å². The molecule has 2 saturated carbocycles. The maximum absolute atomic E-state index is 12.6. The van der Waals surface area contributed by atoms with Crippen LogP contribution in [0.1, 0.15) is 37.7 Å². The van der Waals surface area contributed by atoms with Crippen LogP contribution in [0.4, 0.5) is 0 Å². The molecule has 144 valence electrons. The van der Waals surface area contributed by atoms with Crippen LogP contribution >= 0.6 is 24.0 Å². The third kappa shape index (κ3) is 4.05. The van der Waals surface area contributed by atoms with Crippen LogP contribution in [0, 0.1) is 11.8 Å². The van der Waals surface area contributed by atoms with Gasteiger partial charge in [0.15, 0.2) is 11.5 Å². The van der Waals surface area contributed by atoms with E-state index in [1.807, 2.05) is 6.07 Å². The predicted octanol–water partition coefficient (Wildman–Crippen LogP) is 3.10. The summed E-state index contributed by atoms with van der Waals surface area (Å²) in [5.74, 6) is 2.30. The number of carbonyl (C=O) groups is 1. The number of nitrogens with two attached hydrogens (primary N) is 1. The zero-order valence-corrected chi connectivity index (χ0v) is 16.3. The van der Waals surface area contributed by atoms with E-state index < -0.39 is 0 Å². The molecule has 2 fully saturated rings. The average Bonchev–Trinajstić information content (AvgIpc) is 2.56. The second kappa shape index (κ2) is 8.24. The fourth-order valence-corrected chi connectivity index (χ4v) is 5.00. The molecular formula is C19H26Cl2N2O3. The van der Waals surface area contributed by atoms with Gasteiger partial charge in [-0.3, -0.25) is 4.79 Å². The lowest BCUT2D eigenvalue weighted by Gasteiger charge is -2.45. The second-order valence-corrected chi connectivity index (χ2v) is 7.96. The minimum absolute atomic E-state index is 0. The Morgan fingerprint density at radius 3 is 2.62 bits per heavy atom. The number of carbonyl (C=O) groups excluding carboxylic acids is 1. The molecular weight excluding hydrogens is 375 g/mol. The maximum Gasteiger partial charge on any atom is 0.224 e. The fraction of sp³-hybridized carbons (Fsp3) is 0.632. The second-order valence-electron chi connectivity index (χ2n) is 7.55. The van der Waals surface area contributed by atoms with Gasteiger partial charge in [0, 0.05) is 12.1 Å². The van der Waals surface area contributed by atoms with Crippen LogP contribution in [0.15, 0.2) is 12.1 Å². The number of hydrogen-bond donors (Lipinski definition) is 2. The molecule has 1 aromatic carbocycles. The van der Waals surface area contributed by atoms with Crippen molar-refractivity contribution in [3.05, 3.63) is 22.7 Å². The lowest BCUT2D eigenvalue weighted by atomic mass is 9.67. The SMILES string of the molecule is Cl.NC1CC2CCCC(C1)C2NC(=O)Cc1cc(Cl)c2c(c1)OCCO2. The van der Waals surface area contributed by atoms with Crippen LogP contribution in [0.25, 0.3) is 0 Å². The molecule has 2 atom stereocenters. The van der Waals surface area contributed by atoms with Crippen LogP contribution in [0.3, 0.4) is 0 Å². The Hall–Kier alpha value is -1.17. The number of nitrogens with one attached hydrogen (secondary N) is 1. The van der Waals surface area contributed by atoms with Crippen molar-refractivity contribution >= 4 is 29.9 Å². The van der Waals surface area contributed by atoms with E-state index in [4.69, 9.17) is 26.8 Å². The largest absolute Gasteiger partial charge is 0.486 e. The molecule has 0 spiro atoms. The molecule has 2 unspecified atom stereocenters. The number of ether oxygens (including phenoxy) is 2. The van der Waals surface area contributed by atoms with E-state index in [9.17, 15) is 4.79 Å². The summed E-state index contributed by atoms with van der Waals surface area (Å²) in [6.07, 6.45) is 5.95. The standard InChI is InChI=1S/C19H25ClN2O3.ClH/c20-15-6-11(7-16-19(15)25-5-4-24-16)8-17(23)22-18-12-2-1-3-13(18)10-14(21)9-12;/h6-7,12-14,18H,1-5,8-10,21H2,(H,22,23);1H. The molecule has 26 heavy (non-hydrogen) atoms. The zero-order chi connectivity index (χ0) is 17.4. The van der Waals surface area contributed by atoms with Crippen LogP contribution < -0.4 is 20.5 Å². The Kier molecular flexibility index (Phi) is 6.21. The molecule has 2 aliphatic carbocycles. The van der Waals surface area contributed by atoms with E-state index in [1.54, 1.807) is 6.07 Å². The van der Waals surface area contributed by atoms with Crippen molar-refractivity contribution < 1.29 is 14.3 Å². The van der Waals surface area contributed by atoms with Gasteiger partial charge in [0.25, 0.3) is 0 Å². The van der Waals surface area contributed by atoms with Gasteiger partial charge in [-0.15, -0.1) is 12.4 Å². The molecule has 7 heteroatoms. The van der Waals surface area contributed by atoms with Crippen LogP contribution in [0.2, 0.25) is 5.02 Å². The summed E-state index contributed by atoms with van der Waals surface area (Å²) >= 11 is 6.27. The summed E-state index contributed by atoms with van der Waals surface area (Å²) in [5, 5.41) is 3.78. The normalized spacial score (nSPS) is 29.5. The Morgan fingerprint density at radius 2 is 1.88 bits per heavy atom. The summed E-state index contributed by atoms with van der Waals surface area (Å²) in [7, 11) is 0. The van der Waals surface area contributed by atoms with Gasteiger partial charge in [0.2, 0.25) is 5.91 Å². The van der Waals surface area contributed by atoms with Gasteiger partial charge in [0.1, 0.15) is 13.2 Å². The van der Waals surface area contributed by atoms with Crippen LogP contribution in [0.5, 0.6) is 11.5 Å². The highest BCUT2D eigenvalue weighted by atomic mass is 35.5. The summed E-state index contributed by atoms with van der Waals surface area (Å²) in [6, 6.07) is 4.22. The zero-order valence-electron chi connectivity index (χ0n) is 14.7. The predicted molar refractivity (Wildman–Crippen MR) is 103 cm³/mol. The Balaban J connectivity index is 0.00000196. The molecule has 1 aromatic rings. The van der Waals surface area contributed by atoms with Gasteiger partial charge < -0.3 is 20.5 Å². The monoisotopic (exact) mass is 400 g/mol. The Labute approximate surface area is 165 Å². The maximum atomic E-state index is 12.6. The number of halogens is 2. The van der Waals surface area contributed by atoms with E-state index in [0.717, 1.165) is 18.4 Å². The molecule has 3 N–H and O–H groups in total. The third-order valence-corrected chi connectivity index (χ3v) is 6.01. The van der Waals surface area contributed by atoms with Crippen molar-refractivity contribution in [2.75, 3.05) is 13.2 Å². The number of fused-ring (bicyclic) bond motifs is 3. The molecule has 0 radical (unpaired) electrons. The summed E-state index contributed by atoms with van der Waals surface area (Å²) < 4.78 is 11.1. The average molecular weight is 401 g/mol. The van der Waals surface area contributed by atoms with Crippen LogP contribution in [-0.2, 0) is 11.2 Å². The first kappa shape index (κ1) is 19.6. The van der Waals surface area contributed by atoms with Crippen molar-refractivity contribution in [3.8, 4) is 11.5 Å². The Morgan fingerprint density at radius 1 is 1.19 bits per heavy atom. The summed E-state index contributed by atoms with van der Waals surface area (Å²) in [6.45, 7) is 1.00. The molecule has 1 heterocycles. The van der Waals surface area contributed by atoms with E-state index in [1.165, 1.54) is 19.3 Å². The van der Waals surface area contributed by atoms with E-state index >= 15 is 0 Å². The first-order valence-corrected chi connectivity index (χ1v) is 9.61. The van der Waals surface area contributed by atoms with Crippen molar-refractivity contribution in [2.24, 2.45) is 17.6 Å². The molecule has 1 aliphatic heterocycles. The smallest absolute Gasteiger partial charge is 0.224 e. The van der Waals surface area contributed by atoms with E-state index in [2.05, 4.69) is 5.32 Å². The summed E-state index contributed by atoms with van der Waals surface area (Å²) in [4.78, 5) is 12.6. The minimum Gasteiger partial charge on any atom is -0.486 e. The van der Waals surface area contributed by atoms with Crippen molar-refractivity contribution in [1.29, 1.82) is 0 Å². The quantitative estimate of drug-likeness (QED) is 0.817. The third-order valence-electron chi connectivity index (χ3n) is 5.73. The highest BCUT2D eigenvalue weighted by Gasteiger charge is 2.39. The van der Waals surface area contributed by atoms with Gasteiger partial charge in [-0.1, -0.05) is 18.0 Å². The topological polar surface area (TPSA) is 73.6 Å². The first-order chi connectivity index (χ1) is 12.1. The van der Waals surface area contributed by atoms with Crippen molar-refractivity contribution in [2.45, 2.75) is 50.6 Å². The number of rotatable bonds is 3. The van der Waals surface area contributed by atoms with Crippen LogP contribution in [-0.4, -0.2) is 31.2 Å². The van der Waals surface area contributed by atoms with Gasteiger partial charge in [-0.2, -0.15) is 0 Å². The van der Waals surface area contributed by atoms with E-state index in [-0.39, 0.29) is 24.4 Å². The molecule has 2 bridgehead atoms. The number of benzene rings is 1. The minimum atomic E-state index is 0. The van der Waals surface area contributed by atoms with Gasteiger partial charge >= 0.3 is 0 Å². The molecule has 0 saturated heterocycles. The summed E-state index contributed by atoms with van der Waals surface area (Å²) in [5.41, 5.74) is 7.02. The van der Waals surface area contributed by atoms with Crippen molar-refractivity contribution in [3.63, 3.8) is 0 Å². The molecule has 5 nitrogen and oxygen atoms in total.